The lowest BCUT2D eigenvalue weighted by Gasteiger charge is -2.38. The molecule has 0 aromatic carbocycles. The van der Waals surface area contributed by atoms with Crippen LogP contribution in [0.5, 0.6) is 0 Å². The number of rotatable bonds is 2. The van der Waals surface area contributed by atoms with Gasteiger partial charge < -0.3 is 4.90 Å². The van der Waals surface area contributed by atoms with Gasteiger partial charge in [-0.1, -0.05) is 13.8 Å². The van der Waals surface area contributed by atoms with E-state index in [1.165, 1.54) is 11.3 Å². The molecule has 0 unspecified atom stereocenters. The minimum Gasteiger partial charge on any atom is -0.368 e. The Balaban J connectivity index is 0.000000771. The topological polar surface area (TPSA) is 19.4 Å². The average molecular weight is 249 g/mol. The number of hydrogen-bond donors (Lipinski definition) is 0. The van der Waals surface area contributed by atoms with Crippen LogP contribution in [0.25, 0.3) is 0 Å². The van der Waals surface area contributed by atoms with Gasteiger partial charge in [0.05, 0.1) is 11.9 Å². The number of anilines is 1. The Kier molecular flexibility index (Phi) is 6.13. The fraction of sp³-hybridized carbons (Fsp3) is 0.667. The molecular weight excluding hydrogens is 222 g/mol. The van der Waals surface area contributed by atoms with Crippen molar-refractivity contribution in [2.24, 2.45) is 0 Å². The van der Waals surface area contributed by atoms with Crippen molar-refractivity contribution in [1.82, 2.24) is 9.88 Å². The molecule has 0 aliphatic carbocycles. The maximum Gasteiger partial charge on any atom is 0.0556 e. The van der Waals surface area contributed by atoms with Crippen LogP contribution in [0.1, 0.15) is 33.3 Å². The molecule has 2 rings (SSSR count). The summed E-state index contributed by atoms with van der Waals surface area (Å²) < 4.78 is 0. The second-order valence-corrected chi connectivity index (χ2v) is 4.84. The van der Waals surface area contributed by atoms with Crippen LogP contribution in [-0.4, -0.2) is 42.1 Å². The highest BCUT2D eigenvalue weighted by atomic mass is 15.3. The minimum absolute atomic E-state index is 0.665. The molecule has 0 radical (unpaired) electrons. The number of aryl methyl sites for hydroxylation is 1. The fourth-order valence-corrected chi connectivity index (χ4v) is 2.21. The first-order valence-electron chi connectivity index (χ1n) is 7.07. The van der Waals surface area contributed by atoms with E-state index in [0.717, 1.165) is 26.2 Å². The summed E-state index contributed by atoms with van der Waals surface area (Å²) in [6.45, 7) is 15.2. The molecule has 1 saturated heterocycles. The molecule has 0 spiro atoms. The zero-order valence-corrected chi connectivity index (χ0v) is 12.5. The monoisotopic (exact) mass is 249 g/mol. The summed E-state index contributed by atoms with van der Waals surface area (Å²) in [6.07, 6.45) is 3.88. The van der Waals surface area contributed by atoms with Crippen LogP contribution in [-0.2, 0) is 0 Å². The van der Waals surface area contributed by atoms with Crippen molar-refractivity contribution in [2.75, 3.05) is 31.1 Å². The van der Waals surface area contributed by atoms with Crippen LogP contribution < -0.4 is 4.90 Å². The molecule has 0 N–H and O–H groups in total. The van der Waals surface area contributed by atoms with Crippen molar-refractivity contribution in [3.63, 3.8) is 0 Å². The van der Waals surface area contributed by atoms with Crippen LogP contribution in [0.4, 0.5) is 5.69 Å². The van der Waals surface area contributed by atoms with E-state index in [2.05, 4.69) is 41.6 Å². The molecule has 0 saturated carbocycles. The maximum atomic E-state index is 4.26. The smallest absolute Gasteiger partial charge is 0.0556 e. The molecule has 0 atom stereocenters. The van der Waals surface area contributed by atoms with Crippen molar-refractivity contribution in [2.45, 2.75) is 40.7 Å². The Morgan fingerprint density at radius 1 is 1.06 bits per heavy atom. The highest BCUT2D eigenvalue weighted by molar-refractivity contribution is 5.46. The second-order valence-electron chi connectivity index (χ2n) is 4.84. The standard InChI is InChI=1S/C13H21N3.C2H6/c1-11(2)15-4-6-16(7-5-15)13-8-12(3)9-14-10-13;1-2/h8-11H,4-7H2,1-3H3;1-2H3. The molecule has 3 nitrogen and oxygen atoms in total. The van der Waals surface area contributed by atoms with Crippen LogP contribution in [0.2, 0.25) is 0 Å². The number of nitrogens with zero attached hydrogens (tertiary/aromatic N) is 3. The van der Waals surface area contributed by atoms with Gasteiger partial charge in [-0.15, -0.1) is 0 Å². The second kappa shape index (κ2) is 7.37. The third kappa shape index (κ3) is 3.98. The van der Waals surface area contributed by atoms with E-state index in [1.54, 1.807) is 0 Å². The highest BCUT2D eigenvalue weighted by Crippen LogP contribution is 2.17. The zero-order chi connectivity index (χ0) is 13.5. The predicted molar refractivity (Wildman–Crippen MR) is 79.2 cm³/mol. The first kappa shape index (κ1) is 15.0. The Hall–Kier alpha value is -1.09. The van der Waals surface area contributed by atoms with E-state index in [9.17, 15) is 0 Å². The van der Waals surface area contributed by atoms with Gasteiger partial charge >= 0.3 is 0 Å². The van der Waals surface area contributed by atoms with Gasteiger partial charge in [-0.2, -0.15) is 0 Å². The molecule has 3 heteroatoms. The van der Waals surface area contributed by atoms with Crippen LogP contribution >= 0.6 is 0 Å². The van der Waals surface area contributed by atoms with Gasteiger partial charge in [-0.05, 0) is 32.4 Å². The molecule has 102 valence electrons. The number of hydrogen-bond acceptors (Lipinski definition) is 3. The Bertz CT molecular complexity index is 341. The molecule has 1 fully saturated rings. The van der Waals surface area contributed by atoms with Gasteiger partial charge in [0.2, 0.25) is 0 Å². The zero-order valence-electron chi connectivity index (χ0n) is 12.5. The molecule has 1 aromatic rings. The van der Waals surface area contributed by atoms with E-state index in [1.807, 2.05) is 26.2 Å². The summed E-state index contributed by atoms with van der Waals surface area (Å²) in [5, 5.41) is 0. The number of pyridine rings is 1. The largest absolute Gasteiger partial charge is 0.368 e. The van der Waals surface area contributed by atoms with Crippen LogP contribution in [0, 0.1) is 6.92 Å². The summed E-state index contributed by atoms with van der Waals surface area (Å²) in [7, 11) is 0. The highest BCUT2D eigenvalue weighted by Gasteiger charge is 2.18. The summed E-state index contributed by atoms with van der Waals surface area (Å²) >= 11 is 0. The first-order chi connectivity index (χ1) is 8.66. The van der Waals surface area contributed by atoms with E-state index < -0.39 is 0 Å². The lowest BCUT2D eigenvalue weighted by molar-refractivity contribution is 0.209. The number of piperazine rings is 1. The number of aromatic nitrogens is 1. The molecular formula is C15H27N3. The van der Waals surface area contributed by atoms with Gasteiger partial charge in [0.25, 0.3) is 0 Å². The van der Waals surface area contributed by atoms with Crippen molar-refractivity contribution >= 4 is 5.69 Å². The Morgan fingerprint density at radius 3 is 2.17 bits per heavy atom. The molecule has 1 aliphatic heterocycles. The van der Waals surface area contributed by atoms with Gasteiger partial charge in [-0.25, -0.2) is 0 Å². The average Bonchev–Trinajstić information content (AvgIpc) is 2.41. The van der Waals surface area contributed by atoms with Gasteiger partial charge in [-0.3, -0.25) is 9.88 Å². The van der Waals surface area contributed by atoms with Crippen LogP contribution in [0.15, 0.2) is 18.5 Å². The lowest BCUT2D eigenvalue weighted by Crippen LogP contribution is -2.48. The Morgan fingerprint density at radius 2 is 1.67 bits per heavy atom. The van der Waals surface area contributed by atoms with Gasteiger partial charge in [0.15, 0.2) is 0 Å². The minimum atomic E-state index is 0.665. The summed E-state index contributed by atoms with van der Waals surface area (Å²) in [6, 6.07) is 2.88. The first-order valence-corrected chi connectivity index (χ1v) is 7.07. The molecule has 1 aliphatic rings. The third-order valence-corrected chi connectivity index (χ3v) is 3.27. The van der Waals surface area contributed by atoms with Gasteiger partial charge in [0, 0.05) is 38.4 Å². The molecule has 0 bridgehead atoms. The van der Waals surface area contributed by atoms with E-state index in [4.69, 9.17) is 0 Å². The lowest BCUT2D eigenvalue weighted by atomic mass is 10.2. The molecule has 2 heterocycles. The van der Waals surface area contributed by atoms with Crippen molar-refractivity contribution in [3.05, 3.63) is 24.0 Å². The summed E-state index contributed by atoms with van der Waals surface area (Å²) in [5.74, 6) is 0. The van der Waals surface area contributed by atoms with Crippen molar-refractivity contribution in [3.8, 4) is 0 Å². The SMILES string of the molecule is CC.Cc1cncc(N2CCN(C(C)C)CC2)c1. The van der Waals surface area contributed by atoms with E-state index in [0.29, 0.717) is 6.04 Å². The van der Waals surface area contributed by atoms with E-state index >= 15 is 0 Å². The van der Waals surface area contributed by atoms with Crippen LogP contribution in [0.3, 0.4) is 0 Å². The Labute approximate surface area is 112 Å². The fourth-order valence-electron chi connectivity index (χ4n) is 2.21. The van der Waals surface area contributed by atoms with Crippen molar-refractivity contribution in [1.29, 1.82) is 0 Å². The van der Waals surface area contributed by atoms with E-state index in [-0.39, 0.29) is 0 Å². The third-order valence-electron chi connectivity index (χ3n) is 3.27. The normalized spacial score (nSPS) is 16.4. The summed E-state index contributed by atoms with van der Waals surface area (Å²) in [4.78, 5) is 9.22. The predicted octanol–water partition coefficient (Wildman–Crippen LogP) is 2.95. The maximum absolute atomic E-state index is 4.26. The molecule has 0 amide bonds. The van der Waals surface area contributed by atoms with Crippen molar-refractivity contribution < 1.29 is 0 Å². The summed E-state index contributed by atoms with van der Waals surface area (Å²) in [5.41, 5.74) is 2.51. The molecule has 18 heavy (non-hydrogen) atoms. The van der Waals surface area contributed by atoms with Gasteiger partial charge in [0.1, 0.15) is 0 Å². The molecule has 1 aromatic heterocycles. The quantitative estimate of drug-likeness (QED) is 0.803.